The molecule has 1 unspecified atom stereocenters. The second-order valence-electron chi connectivity index (χ2n) is 19.1. The van der Waals surface area contributed by atoms with Crippen molar-refractivity contribution in [3.63, 3.8) is 0 Å². The molecule has 6 nitrogen and oxygen atoms in total. The fraction of sp³-hybridized carbons (Fsp3) is 0.535. The minimum atomic E-state index is -0.840. The van der Waals surface area contributed by atoms with Crippen LogP contribution in [0.15, 0.2) is 182 Å². The molecule has 0 amide bonds. The van der Waals surface area contributed by atoms with E-state index in [1.807, 2.05) is 12.2 Å². The molecule has 6 heteroatoms. The lowest BCUT2D eigenvalue weighted by atomic mass is 10.1. The number of hydrogen-bond donors (Lipinski definition) is 0. The molecule has 0 saturated carbocycles. The highest BCUT2D eigenvalue weighted by molar-refractivity contribution is 5.71. The summed E-state index contributed by atoms with van der Waals surface area (Å²) in [5, 5.41) is 0. The SMILES string of the molecule is CC/C=C\C/C=C\C/C=C\C/C=C\C/C=C\C/C=C\C/C=C\C/C=C\C/C=C\CCCCCCCC(=O)OCC(COC(=O)CCCCCCC/C=C\C/C=C\CCC)OC(=O)CC/C=C\C/C=C\C/C=C\C/C=C\CC. The van der Waals surface area contributed by atoms with Crippen LogP contribution in [0.25, 0.3) is 0 Å². The van der Waals surface area contributed by atoms with Gasteiger partial charge in [-0.2, -0.15) is 0 Å². The quantitative estimate of drug-likeness (QED) is 0.0261. The summed E-state index contributed by atoms with van der Waals surface area (Å²) in [5.41, 5.74) is 0. The van der Waals surface area contributed by atoms with E-state index in [2.05, 4.69) is 191 Å². The minimum Gasteiger partial charge on any atom is -0.462 e. The zero-order valence-corrected chi connectivity index (χ0v) is 48.9. The molecule has 0 aliphatic carbocycles. The molecule has 1 atom stereocenters. The van der Waals surface area contributed by atoms with Gasteiger partial charge in [0, 0.05) is 19.3 Å². The molecule has 0 aromatic carbocycles. The van der Waals surface area contributed by atoms with Gasteiger partial charge in [-0.3, -0.25) is 14.4 Å². The van der Waals surface area contributed by atoms with Gasteiger partial charge < -0.3 is 14.2 Å². The molecule has 0 aromatic rings. The molecule has 0 radical (unpaired) electrons. The number of unbranched alkanes of at least 4 members (excludes halogenated alkanes) is 11. The van der Waals surface area contributed by atoms with E-state index in [0.717, 1.165) is 173 Å². The summed E-state index contributed by atoms with van der Waals surface area (Å²) in [5.74, 6) is -1.06. The normalized spacial score (nSPS) is 13.4. The van der Waals surface area contributed by atoms with Crippen LogP contribution >= 0.6 is 0 Å². The minimum absolute atomic E-state index is 0.129. The smallest absolute Gasteiger partial charge is 0.306 e. The summed E-state index contributed by atoms with van der Waals surface area (Å²) >= 11 is 0. The summed E-state index contributed by atoms with van der Waals surface area (Å²) in [4.78, 5) is 38.1. The number of allylic oxidation sites excluding steroid dienone is 30. The van der Waals surface area contributed by atoms with Gasteiger partial charge >= 0.3 is 17.9 Å². The van der Waals surface area contributed by atoms with Crippen molar-refractivity contribution in [1.29, 1.82) is 0 Å². The van der Waals surface area contributed by atoms with Gasteiger partial charge in [-0.1, -0.05) is 248 Å². The lowest BCUT2D eigenvalue weighted by Gasteiger charge is -2.18. The van der Waals surface area contributed by atoms with Crippen LogP contribution in [0.2, 0.25) is 0 Å². The molecule has 0 heterocycles. The Kier molecular flexibility index (Phi) is 58.6. The maximum absolute atomic E-state index is 12.8. The number of rotatable bonds is 52. The zero-order chi connectivity index (χ0) is 55.7. The average molecular weight is 1060 g/mol. The molecule has 0 aromatic heterocycles. The molecule has 0 fully saturated rings. The summed E-state index contributed by atoms with van der Waals surface area (Å²) in [6.07, 6.45) is 94.8. The molecule has 0 spiro atoms. The van der Waals surface area contributed by atoms with Crippen LogP contribution in [0.5, 0.6) is 0 Å². The van der Waals surface area contributed by atoms with Crippen molar-refractivity contribution in [2.75, 3.05) is 13.2 Å². The van der Waals surface area contributed by atoms with Gasteiger partial charge in [-0.05, 0) is 141 Å². The Morgan fingerprint density at radius 3 is 0.844 bits per heavy atom. The predicted octanol–water partition coefficient (Wildman–Crippen LogP) is 20.9. The van der Waals surface area contributed by atoms with Crippen molar-refractivity contribution >= 4 is 17.9 Å². The molecule has 428 valence electrons. The third kappa shape index (κ3) is 61.2. The van der Waals surface area contributed by atoms with Gasteiger partial charge in [0.15, 0.2) is 6.10 Å². The summed E-state index contributed by atoms with van der Waals surface area (Å²) in [6, 6.07) is 0. The van der Waals surface area contributed by atoms with E-state index >= 15 is 0 Å². The number of carbonyl (C=O) groups is 3. The monoisotopic (exact) mass is 1060 g/mol. The van der Waals surface area contributed by atoms with Gasteiger partial charge in [0.2, 0.25) is 0 Å². The maximum atomic E-state index is 12.8. The zero-order valence-electron chi connectivity index (χ0n) is 48.9. The summed E-state index contributed by atoms with van der Waals surface area (Å²) in [6.45, 7) is 6.23. The highest BCUT2D eigenvalue weighted by Gasteiger charge is 2.19. The fourth-order valence-corrected chi connectivity index (χ4v) is 7.43. The van der Waals surface area contributed by atoms with Crippen molar-refractivity contribution in [3.8, 4) is 0 Å². The topological polar surface area (TPSA) is 78.9 Å². The third-order valence-corrected chi connectivity index (χ3v) is 11.9. The van der Waals surface area contributed by atoms with E-state index in [1.165, 1.54) is 6.42 Å². The van der Waals surface area contributed by atoms with E-state index in [0.29, 0.717) is 19.3 Å². The first-order valence-corrected chi connectivity index (χ1v) is 30.3. The van der Waals surface area contributed by atoms with Crippen LogP contribution in [-0.2, 0) is 28.6 Å². The largest absolute Gasteiger partial charge is 0.462 e. The molecule has 0 saturated heterocycles. The van der Waals surface area contributed by atoms with Crippen molar-refractivity contribution in [2.45, 2.75) is 232 Å². The molecule has 0 bridgehead atoms. The van der Waals surface area contributed by atoms with Crippen molar-refractivity contribution in [2.24, 2.45) is 0 Å². The number of ether oxygens (including phenoxy) is 3. The second-order valence-corrected chi connectivity index (χ2v) is 19.1. The first-order valence-electron chi connectivity index (χ1n) is 30.3. The molecule has 0 aliphatic heterocycles. The Balaban J connectivity index is 4.37. The summed E-state index contributed by atoms with van der Waals surface area (Å²) < 4.78 is 16.7. The van der Waals surface area contributed by atoms with Crippen molar-refractivity contribution in [3.05, 3.63) is 182 Å². The molecular weight excluding hydrogens is 949 g/mol. The molecule has 0 rings (SSSR count). The predicted molar refractivity (Wildman–Crippen MR) is 334 cm³/mol. The Morgan fingerprint density at radius 1 is 0.273 bits per heavy atom. The van der Waals surface area contributed by atoms with Crippen LogP contribution in [0, 0.1) is 0 Å². The fourth-order valence-electron chi connectivity index (χ4n) is 7.43. The van der Waals surface area contributed by atoms with Crippen LogP contribution < -0.4 is 0 Å². The Hall–Kier alpha value is -5.49. The number of carbonyl (C=O) groups excluding carboxylic acids is 3. The lowest BCUT2D eigenvalue weighted by molar-refractivity contribution is -0.166. The summed E-state index contributed by atoms with van der Waals surface area (Å²) in [7, 11) is 0. The standard InChI is InChI=1S/C71H108O6/c1-4-7-10-13-16-19-22-25-26-27-28-29-30-31-32-33-34-35-36-37-38-39-40-41-42-43-44-47-49-52-55-58-61-64-70(73)76-67-68(77-71(74)65-62-59-56-53-50-46-24-21-18-15-12-9-6-3)66-75-69(72)63-60-57-54-51-48-45-23-20-17-14-11-8-5-2/h7,9-12,14,16,18-21,23,25-26,28-29,31-32,34-35,37-38,40-41,43-44,46,50,56,59,68H,4-6,8,13,15,17,22,24,27,30,33,36,39,42,45,47-49,51-55,57-58,60-67H2,1-3H3/b10-7-,12-9-,14-11-,19-16-,21-18-,23-20-,26-25-,29-28-,32-31-,35-34-,38-37-,41-40-,44-43-,50-46-,59-56-. The van der Waals surface area contributed by atoms with Crippen LogP contribution in [0.4, 0.5) is 0 Å². The van der Waals surface area contributed by atoms with E-state index in [9.17, 15) is 14.4 Å². The first kappa shape index (κ1) is 71.5. The first-order chi connectivity index (χ1) is 38.0. The van der Waals surface area contributed by atoms with Crippen LogP contribution in [-0.4, -0.2) is 37.2 Å². The Morgan fingerprint density at radius 2 is 0.532 bits per heavy atom. The van der Waals surface area contributed by atoms with Gasteiger partial charge in [-0.25, -0.2) is 0 Å². The van der Waals surface area contributed by atoms with E-state index < -0.39 is 12.1 Å². The van der Waals surface area contributed by atoms with Crippen LogP contribution in [0.1, 0.15) is 226 Å². The molecule has 77 heavy (non-hydrogen) atoms. The second kappa shape index (κ2) is 63.0. The van der Waals surface area contributed by atoms with E-state index in [-0.39, 0.29) is 31.6 Å². The lowest BCUT2D eigenvalue weighted by Crippen LogP contribution is -2.30. The van der Waals surface area contributed by atoms with Crippen molar-refractivity contribution in [1.82, 2.24) is 0 Å². The van der Waals surface area contributed by atoms with Crippen LogP contribution in [0.3, 0.4) is 0 Å². The van der Waals surface area contributed by atoms with Gasteiger partial charge in [-0.15, -0.1) is 0 Å². The van der Waals surface area contributed by atoms with Gasteiger partial charge in [0.25, 0.3) is 0 Å². The van der Waals surface area contributed by atoms with Gasteiger partial charge in [0.1, 0.15) is 13.2 Å². The third-order valence-electron chi connectivity index (χ3n) is 11.9. The molecule has 0 aliphatic rings. The Bertz CT molecular complexity index is 1840. The van der Waals surface area contributed by atoms with Crippen molar-refractivity contribution < 1.29 is 28.6 Å². The van der Waals surface area contributed by atoms with E-state index in [1.54, 1.807) is 0 Å². The number of hydrogen-bond acceptors (Lipinski definition) is 6. The van der Waals surface area contributed by atoms with Gasteiger partial charge in [0.05, 0.1) is 0 Å². The van der Waals surface area contributed by atoms with E-state index in [4.69, 9.17) is 14.2 Å². The molecular formula is C71H108O6. The number of esters is 3. The highest BCUT2D eigenvalue weighted by Crippen LogP contribution is 2.12. The average Bonchev–Trinajstić information content (AvgIpc) is 3.43. The highest BCUT2D eigenvalue weighted by atomic mass is 16.6. The molecule has 0 N–H and O–H groups in total. The maximum Gasteiger partial charge on any atom is 0.306 e. The Labute approximate surface area is 472 Å².